The lowest BCUT2D eigenvalue weighted by molar-refractivity contribution is 0.200. The van der Waals surface area contributed by atoms with E-state index in [2.05, 4.69) is 9.88 Å². The Morgan fingerprint density at radius 1 is 1.44 bits per heavy atom. The van der Waals surface area contributed by atoms with Crippen molar-refractivity contribution >= 4 is 0 Å². The van der Waals surface area contributed by atoms with Crippen LogP contribution in [-0.4, -0.2) is 27.6 Å². The molecular weight excluding hydrogens is 200 g/mol. The van der Waals surface area contributed by atoms with Crippen molar-refractivity contribution in [1.29, 1.82) is 0 Å². The van der Waals surface area contributed by atoms with E-state index < -0.39 is 0 Å². The van der Waals surface area contributed by atoms with Gasteiger partial charge in [0.15, 0.2) is 0 Å². The molecule has 0 amide bonds. The highest BCUT2D eigenvalue weighted by atomic mass is 16.3. The lowest BCUT2D eigenvalue weighted by atomic mass is 10.1. The highest BCUT2D eigenvalue weighted by Crippen LogP contribution is 2.38. The molecule has 1 aromatic heterocycles. The number of rotatable bonds is 2. The van der Waals surface area contributed by atoms with Crippen LogP contribution in [0.4, 0.5) is 0 Å². The minimum atomic E-state index is 0.341. The summed E-state index contributed by atoms with van der Waals surface area (Å²) in [6, 6.07) is 4.35. The fourth-order valence-electron chi connectivity index (χ4n) is 3.13. The molecule has 2 bridgehead atoms. The van der Waals surface area contributed by atoms with Gasteiger partial charge in [0.2, 0.25) is 0 Å². The number of piperidine rings is 1. The first-order valence-corrected chi connectivity index (χ1v) is 6.12. The summed E-state index contributed by atoms with van der Waals surface area (Å²) in [6.07, 6.45) is 4.08. The number of nitrogens with zero attached hydrogens (tertiary/aromatic N) is 2. The first kappa shape index (κ1) is 10.1. The Kier molecular flexibility index (Phi) is 2.36. The van der Waals surface area contributed by atoms with Gasteiger partial charge in [0.05, 0.1) is 5.69 Å². The minimum Gasteiger partial charge on any atom is -0.506 e. The highest BCUT2D eigenvalue weighted by Gasteiger charge is 2.37. The number of aryl methyl sites for hydroxylation is 1. The van der Waals surface area contributed by atoms with Gasteiger partial charge in [-0.15, -0.1) is 0 Å². The third kappa shape index (κ3) is 1.69. The first-order chi connectivity index (χ1) is 7.72. The van der Waals surface area contributed by atoms with Gasteiger partial charge in [-0.2, -0.15) is 0 Å². The van der Waals surface area contributed by atoms with Gasteiger partial charge in [-0.1, -0.05) is 0 Å². The average Bonchev–Trinajstić information content (AvgIpc) is 2.85. The Balaban J connectivity index is 1.76. The lowest BCUT2D eigenvalue weighted by Gasteiger charge is -2.26. The second kappa shape index (κ2) is 3.74. The summed E-state index contributed by atoms with van der Waals surface area (Å²) in [5, 5.41) is 9.78. The fraction of sp³-hybridized carbons (Fsp3) is 0.615. The molecule has 1 saturated heterocycles. The van der Waals surface area contributed by atoms with Gasteiger partial charge < -0.3 is 5.11 Å². The summed E-state index contributed by atoms with van der Waals surface area (Å²) in [5.74, 6) is 1.24. The van der Waals surface area contributed by atoms with E-state index in [1.165, 1.54) is 25.8 Å². The third-order valence-corrected chi connectivity index (χ3v) is 3.96. The number of pyridine rings is 1. The maximum atomic E-state index is 9.78. The normalized spacial score (nSPS) is 28.8. The van der Waals surface area contributed by atoms with E-state index in [9.17, 15) is 5.11 Å². The molecular formula is C13H18N2O. The molecule has 2 aliphatic rings. The van der Waals surface area contributed by atoms with Gasteiger partial charge in [-0.25, -0.2) is 0 Å². The Bertz CT molecular complexity index is 405. The predicted octanol–water partition coefficient (Wildman–Crippen LogP) is 2.08. The van der Waals surface area contributed by atoms with Crippen LogP contribution in [0, 0.1) is 12.8 Å². The number of hydrogen-bond acceptors (Lipinski definition) is 3. The van der Waals surface area contributed by atoms with Gasteiger partial charge in [-0.3, -0.25) is 9.88 Å². The Morgan fingerprint density at radius 3 is 3.00 bits per heavy atom. The Hall–Kier alpha value is -1.09. The van der Waals surface area contributed by atoms with Crippen LogP contribution >= 0.6 is 0 Å². The zero-order chi connectivity index (χ0) is 11.1. The van der Waals surface area contributed by atoms with E-state index >= 15 is 0 Å². The average molecular weight is 218 g/mol. The lowest BCUT2D eigenvalue weighted by Crippen LogP contribution is -2.31. The summed E-state index contributed by atoms with van der Waals surface area (Å²) in [7, 11) is 0. The number of hydrogen-bond donors (Lipinski definition) is 1. The van der Waals surface area contributed by atoms with E-state index in [0.717, 1.165) is 29.9 Å². The van der Waals surface area contributed by atoms with Crippen LogP contribution < -0.4 is 0 Å². The van der Waals surface area contributed by atoms with Gasteiger partial charge >= 0.3 is 0 Å². The van der Waals surface area contributed by atoms with Gasteiger partial charge in [0.25, 0.3) is 0 Å². The number of aromatic nitrogens is 1. The highest BCUT2D eigenvalue weighted by molar-refractivity contribution is 5.27. The number of aromatic hydroxyl groups is 1. The summed E-state index contributed by atoms with van der Waals surface area (Å²) < 4.78 is 0. The summed E-state index contributed by atoms with van der Waals surface area (Å²) in [4.78, 5) is 6.91. The molecule has 0 radical (unpaired) electrons. The maximum Gasteiger partial charge on any atom is 0.138 e. The van der Waals surface area contributed by atoms with Crippen LogP contribution in [-0.2, 0) is 6.54 Å². The summed E-state index contributed by atoms with van der Waals surface area (Å²) in [6.45, 7) is 3.98. The van der Waals surface area contributed by atoms with Crippen LogP contribution in [0.15, 0.2) is 12.1 Å². The third-order valence-electron chi connectivity index (χ3n) is 3.96. The molecule has 1 aromatic rings. The van der Waals surface area contributed by atoms with Gasteiger partial charge in [0.1, 0.15) is 5.75 Å². The van der Waals surface area contributed by atoms with Crippen molar-refractivity contribution in [3.8, 4) is 5.75 Å². The molecule has 3 rings (SSSR count). The van der Waals surface area contributed by atoms with E-state index in [0.29, 0.717) is 5.75 Å². The zero-order valence-electron chi connectivity index (χ0n) is 9.69. The molecule has 2 fully saturated rings. The van der Waals surface area contributed by atoms with E-state index in [-0.39, 0.29) is 0 Å². The zero-order valence-corrected chi connectivity index (χ0v) is 9.69. The van der Waals surface area contributed by atoms with Crippen molar-refractivity contribution in [2.75, 3.05) is 6.54 Å². The van der Waals surface area contributed by atoms with E-state index in [4.69, 9.17) is 0 Å². The molecule has 2 atom stereocenters. The Morgan fingerprint density at radius 2 is 2.31 bits per heavy atom. The summed E-state index contributed by atoms with van der Waals surface area (Å²) >= 11 is 0. The number of likely N-dealkylation sites (tertiary alicyclic amines) is 1. The van der Waals surface area contributed by atoms with Crippen molar-refractivity contribution in [2.45, 2.75) is 38.8 Å². The molecule has 1 saturated carbocycles. The smallest absolute Gasteiger partial charge is 0.138 e. The second-order valence-corrected chi connectivity index (χ2v) is 5.18. The quantitative estimate of drug-likeness (QED) is 0.825. The first-order valence-electron chi connectivity index (χ1n) is 6.12. The van der Waals surface area contributed by atoms with Crippen LogP contribution in [0.5, 0.6) is 5.75 Å². The largest absolute Gasteiger partial charge is 0.506 e. The van der Waals surface area contributed by atoms with Crippen molar-refractivity contribution in [3.05, 3.63) is 23.5 Å². The molecule has 0 aromatic carbocycles. The molecule has 1 N–H and O–H groups in total. The Labute approximate surface area is 96.1 Å². The maximum absolute atomic E-state index is 9.78. The second-order valence-electron chi connectivity index (χ2n) is 5.18. The van der Waals surface area contributed by atoms with E-state index in [1.807, 2.05) is 13.0 Å². The van der Waals surface area contributed by atoms with Crippen LogP contribution in [0.3, 0.4) is 0 Å². The molecule has 86 valence electrons. The molecule has 3 nitrogen and oxygen atoms in total. The topological polar surface area (TPSA) is 36.4 Å². The van der Waals surface area contributed by atoms with Crippen LogP contribution in [0.25, 0.3) is 0 Å². The SMILES string of the molecule is Cc1ccc(O)c(CN2CC3CCC2C3)n1. The molecule has 0 spiro atoms. The van der Waals surface area contributed by atoms with Crippen LogP contribution in [0.1, 0.15) is 30.7 Å². The molecule has 2 heterocycles. The molecule has 2 unspecified atom stereocenters. The van der Waals surface area contributed by atoms with Crippen molar-refractivity contribution in [1.82, 2.24) is 9.88 Å². The van der Waals surface area contributed by atoms with Gasteiger partial charge in [0, 0.05) is 24.8 Å². The fourth-order valence-corrected chi connectivity index (χ4v) is 3.13. The molecule has 16 heavy (non-hydrogen) atoms. The minimum absolute atomic E-state index is 0.341. The number of fused-ring (bicyclic) bond motifs is 2. The monoisotopic (exact) mass is 218 g/mol. The predicted molar refractivity (Wildman–Crippen MR) is 62.2 cm³/mol. The van der Waals surface area contributed by atoms with Crippen LogP contribution in [0.2, 0.25) is 0 Å². The molecule has 1 aliphatic heterocycles. The standard InChI is InChI=1S/C13H18N2O/c1-9-2-5-13(16)12(14-9)8-15-7-10-3-4-11(15)6-10/h2,5,10-11,16H,3-4,6-8H2,1H3. The van der Waals surface area contributed by atoms with Gasteiger partial charge in [-0.05, 0) is 44.2 Å². The van der Waals surface area contributed by atoms with Crippen molar-refractivity contribution in [2.24, 2.45) is 5.92 Å². The van der Waals surface area contributed by atoms with E-state index in [1.54, 1.807) is 6.07 Å². The molecule has 1 aliphatic carbocycles. The van der Waals surface area contributed by atoms with Crippen molar-refractivity contribution < 1.29 is 5.11 Å². The van der Waals surface area contributed by atoms with Crippen molar-refractivity contribution in [3.63, 3.8) is 0 Å². The summed E-state index contributed by atoms with van der Waals surface area (Å²) in [5.41, 5.74) is 1.82. The molecule has 3 heteroatoms.